The Hall–Kier alpha value is -2.01. The van der Waals surface area contributed by atoms with Crippen LogP contribution in [-0.2, 0) is 9.59 Å². The Kier molecular flexibility index (Phi) is 6.26. The van der Waals surface area contributed by atoms with Crippen LogP contribution >= 0.6 is 11.8 Å². The fourth-order valence-electron chi connectivity index (χ4n) is 2.50. The summed E-state index contributed by atoms with van der Waals surface area (Å²) in [5.41, 5.74) is 0.998. The zero-order valence-electron chi connectivity index (χ0n) is 14.5. The molecule has 2 aromatic rings. The summed E-state index contributed by atoms with van der Waals surface area (Å²) in [6, 6.07) is 11.9. The molecule has 2 aromatic carbocycles. The molecule has 0 fully saturated rings. The molecule has 0 saturated carbocycles. The number of methoxy groups -OCH3 is 1. The van der Waals surface area contributed by atoms with Crippen LogP contribution in [0, 0.1) is 0 Å². The van der Waals surface area contributed by atoms with Crippen molar-refractivity contribution in [2.24, 2.45) is 0 Å². The lowest BCUT2D eigenvalue weighted by atomic mass is 9.99. The highest BCUT2D eigenvalue weighted by molar-refractivity contribution is 8.13. The number of thioether (sulfide) groups is 1. The number of nitrogens with one attached hydrogen (secondary N) is 1. The highest BCUT2D eigenvalue weighted by atomic mass is 32.2. The zero-order valence-corrected chi connectivity index (χ0v) is 15.3. The van der Waals surface area contributed by atoms with Gasteiger partial charge in [0.2, 0.25) is 5.91 Å². The van der Waals surface area contributed by atoms with E-state index < -0.39 is 0 Å². The summed E-state index contributed by atoms with van der Waals surface area (Å²) in [5, 5.41) is 5.07. The van der Waals surface area contributed by atoms with Crippen molar-refractivity contribution in [3.8, 4) is 5.75 Å². The number of amides is 1. The van der Waals surface area contributed by atoms with Crippen LogP contribution in [0.2, 0.25) is 0 Å². The van der Waals surface area contributed by atoms with Crippen molar-refractivity contribution >= 4 is 33.6 Å². The fourth-order valence-corrected chi connectivity index (χ4v) is 3.38. The monoisotopic (exact) mass is 345 g/mol. The van der Waals surface area contributed by atoms with Crippen LogP contribution in [0.25, 0.3) is 10.8 Å². The van der Waals surface area contributed by atoms with Gasteiger partial charge in [-0.2, -0.15) is 0 Å². The van der Waals surface area contributed by atoms with E-state index in [4.69, 9.17) is 4.74 Å². The molecule has 24 heavy (non-hydrogen) atoms. The van der Waals surface area contributed by atoms with Crippen LogP contribution < -0.4 is 10.1 Å². The van der Waals surface area contributed by atoms with Crippen molar-refractivity contribution < 1.29 is 14.3 Å². The van der Waals surface area contributed by atoms with E-state index in [9.17, 15) is 9.59 Å². The van der Waals surface area contributed by atoms with Gasteiger partial charge in [-0.25, -0.2) is 0 Å². The van der Waals surface area contributed by atoms with Crippen molar-refractivity contribution in [1.82, 2.24) is 5.32 Å². The zero-order chi connectivity index (χ0) is 17.7. The molecular formula is C19H23NO3S. The molecule has 0 spiro atoms. The van der Waals surface area contributed by atoms with Gasteiger partial charge in [0.05, 0.1) is 13.0 Å². The molecule has 2 rings (SSSR count). The van der Waals surface area contributed by atoms with Gasteiger partial charge >= 0.3 is 0 Å². The highest BCUT2D eigenvalue weighted by Crippen LogP contribution is 2.27. The highest BCUT2D eigenvalue weighted by Gasteiger charge is 2.17. The van der Waals surface area contributed by atoms with Crippen molar-refractivity contribution in [3.05, 3.63) is 42.0 Å². The van der Waals surface area contributed by atoms with Gasteiger partial charge in [0, 0.05) is 18.7 Å². The molecule has 0 saturated heterocycles. The number of hydrogen-bond acceptors (Lipinski definition) is 4. The Morgan fingerprint density at radius 1 is 1.12 bits per heavy atom. The minimum atomic E-state index is -0.189. The van der Waals surface area contributed by atoms with Crippen molar-refractivity contribution in [3.63, 3.8) is 0 Å². The van der Waals surface area contributed by atoms with E-state index >= 15 is 0 Å². The topological polar surface area (TPSA) is 55.4 Å². The Morgan fingerprint density at radius 3 is 2.46 bits per heavy atom. The van der Waals surface area contributed by atoms with Crippen molar-refractivity contribution in [2.75, 3.05) is 12.9 Å². The number of ether oxygens (including phenoxy) is 1. The van der Waals surface area contributed by atoms with Gasteiger partial charge < -0.3 is 10.1 Å². The lowest BCUT2D eigenvalue weighted by Gasteiger charge is -2.15. The van der Waals surface area contributed by atoms with Crippen LogP contribution in [0.5, 0.6) is 5.75 Å². The molecule has 0 bridgehead atoms. The van der Waals surface area contributed by atoms with Crippen LogP contribution in [0.15, 0.2) is 36.4 Å². The molecule has 0 aliphatic carbocycles. The average molecular weight is 345 g/mol. The number of carbonyl (C=O) groups is 2. The fraction of sp³-hybridized carbons (Fsp3) is 0.368. The summed E-state index contributed by atoms with van der Waals surface area (Å²) >= 11 is 1.27. The Bertz CT molecular complexity index is 744. The molecule has 1 amide bonds. The number of benzene rings is 2. The predicted molar refractivity (Wildman–Crippen MR) is 99.7 cm³/mol. The summed E-state index contributed by atoms with van der Waals surface area (Å²) in [6.07, 6.45) is 0. The minimum absolute atomic E-state index is 0.0206. The summed E-state index contributed by atoms with van der Waals surface area (Å²) in [5.74, 6) is 1.13. The quantitative estimate of drug-likeness (QED) is 0.866. The molecule has 4 nitrogen and oxygen atoms in total. The minimum Gasteiger partial charge on any atom is -0.497 e. The molecule has 1 N–H and O–H groups in total. The standard InChI is InChI=1S/C19H23NO3S/c1-12(20-14(3)21)11-24-19(22)13(2)15-5-6-17-10-18(23-4)8-7-16(17)9-15/h5-10,12-13H,11H2,1-4H3,(H,20,21). The van der Waals surface area contributed by atoms with Gasteiger partial charge in [0.25, 0.3) is 0 Å². The average Bonchev–Trinajstić information content (AvgIpc) is 2.57. The molecule has 0 aromatic heterocycles. The maximum absolute atomic E-state index is 12.4. The lowest BCUT2D eigenvalue weighted by Crippen LogP contribution is -2.32. The molecule has 0 aliphatic rings. The lowest BCUT2D eigenvalue weighted by molar-refractivity contribution is -0.119. The molecule has 2 unspecified atom stereocenters. The molecule has 2 atom stereocenters. The van der Waals surface area contributed by atoms with Gasteiger partial charge in [0.15, 0.2) is 5.12 Å². The summed E-state index contributed by atoms with van der Waals surface area (Å²) < 4.78 is 5.23. The molecule has 0 aliphatic heterocycles. The third-order valence-corrected chi connectivity index (χ3v) is 5.16. The Balaban J connectivity index is 2.05. The normalized spacial score (nSPS) is 13.3. The van der Waals surface area contributed by atoms with Gasteiger partial charge in [-0.05, 0) is 35.4 Å². The van der Waals surface area contributed by atoms with Crippen LogP contribution in [-0.4, -0.2) is 29.9 Å². The first kappa shape index (κ1) is 18.3. The van der Waals surface area contributed by atoms with Crippen LogP contribution in [0.1, 0.15) is 32.3 Å². The molecule has 128 valence electrons. The first-order valence-corrected chi connectivity index (χ1v) is 8.90. The smallest absolute Gasteiger partial charge is 0.217 e. The second-order valence-corrected chi connectivity index (χ2v) is 6.95. The number of hydrogen-bond donors (Lipinski definition) is 1. The van der Waals surface area contributed by atoms with E-state index in [0.29, 0.717) is 5.75 Å². The summed E-state index contributed by atoms with van der Waals surface area (Å²) in [6.45, 7) is 5.30. The van der Waals surface area contributed by atoms with E-state index in [1.807, 2.05) is 44.2 Å². The summed E-state index contributed by atoms with van der Waals surface area (Å²) in [7, 11) is 1.65. The second-order valence-electron chi connectivity index (χ2n) is 5.93. The largest absolute Gasteiger partial charge is 0.497 e. The van der Waals surface area contributed by atoms with E-state index in [-0.39, 0.29) is 23.0 Å². The van der Waals surface area contributed by atoms with Gasteiger partial charge in [-0.1, -0.05) is 43.0 Å². The maximum Gasteiger partial charge on any atom is 0.217 e. The van der Waals surface area contributed by atoms with E-state index in [1.165, 1.54) is 18.7 Å². The number of fused-ring (bicyclic) bond motifs is 1. The van der Waals surface area contributed by atoms with Gasteiger partial charge in [-0.3, -0.25) is 9.59 Å². The van der Waals surface area contributed by atoms with E-state index in [1.54, 1.807) is 7.11 Å². The van der Waals surface area contributed by atoms with E-state index in [2.05, 4.69) is 11.4 Å². The maximum atomic E-state index is 12.4. The van der Waals surface area contributed by atoms with Crippen molar-refractivity contribution in [1.29, 1.82) is 0 Å². The van der Waals surface area contributed by atoms with Crippen molar-refractivity contribution in [2.45, 2.75) is 32.7 Å². The van der Waals surface area contributed by atoms with Gasteiger partial charge in [0.1, 0.15) is 5.75 Å². The molecule has 0 heterocycles. The molecule has 5 heteroatoms. The molecular weight excluding hydrogens is 322 g/mol. The second kappa shape index (κ2) is 8.20. The third kappa shape index (κ3) is 4.74. The van der Waals surface area contributed by atoms with Crippen LogP contribution in [0.3, 0.4) is 0 Å². The predicted octanol–water partition coefficient (Wildman–Crippen LogP) is 3.74. The van der Waals surface area contributed by atoms with Gasteiger partial charge in [-0.15, -0.1) is 0 Å². The number of rotatable bonds is 6. The number of carbonyl (C=O) groups excluding carboxylic acids is 2. The Labute approximate surface area is 147 Å². The Morgan fingerprint density at radius 2 is 1.79 bits per heavy atom. The summed E-state index contributed by atoms with van der Waals surface area (Å²) in [4.78, 5) is 23.4. The van der Waals surface area contributed by atoms with Crippen LogP contribution in [0.4, 0.5) is 0 Å². The first-order valence-electron chi connectivity index (χ1n) is 7.92. The molecule has 0 radical (unpaired) electrons. The van der Waals surface area contributed by atoms with E-state index in [0.717, 1.165) is 22.1 Å². The first-order chi connectivity index (χ1) is 11.4. The SMILES string of the molecule is COc1ccc2cc(C(C)C(=O)SCC(C)NC(C)=O)ccc2c1. The third-order valence-electron chi connectivity index (χ3n) is 3.85.